The maximum Gasteiger partial charge on any atom is 0.230 e. The first kappa shape index (κ1) is 12.9. The number of nitrogens with one attached hydrogen (secondary N) is 1. The SMILES string of the molecule is CCC(O)CNc1nc(Cl)nc(N(C)C)n1. The van der Waals surface area contributed by atoms with E-state index in [1.807, 2.05) is 21.0 Å². The molecule has 0 aliphatic rings. The van der Waals surface area contributed by atoms with Crippen LogP contribution >= 0.6 is 11.6 Å². The molecule has 0 saturated carbocycles. The van der Waals surface area contributed by atoms with Gasteiger partial charge in [-0.05, 0) is 18.0 Å². The lowest BCUT2D eigenvalue weighted by molar-refractivity contribution is 0.183. The first-order valence-electron chi connectivity index (χ1n) is 5.03. The Bertz CT molecular complexity index is 347. The first-order valence-corrected chi connectivity index (χ1v) is 5.41. The van der Waals surface area contributed by atoms with Crippen LogP contribution in [-0.4, -0.2) is 46.8 Å². The smallest absolute Gasteiger partial charge is 0.230 e. The number of anilines is 2. The van der Waals surface area contributed by atoms with Crippen molar-refractivity contribution in [3.8, 4) is 0 Å². The highest BCUT2D eigenvalue weighted by Crippen LogP contribution is 2.11. The molecule has 1 rings (SSSR count). The average molecular weight is 246 g/mol. The lowest BCUT2D eigenvalue weighted by Gasteiger charge is -2.13. The lowest BCUT2D eigenvalue weighted by Crippen LogP contribution is -2.21. The van der Waals surface area contributed by atoms with Crippen molar-refractivity contribution in [3.63, 3.8) is 0 Å². The molecule has 0 aliphatic heterocycles. The third-order valence-electron chi connectivity index (χ3n) is 1.96. The molecular weight excluding hydrogens is 230 g/mol. The molecule has 1 aromatic heterocycles. The number of halogens is 1. The zero-order valence-corrected chi connectivity index (χ0v) is 10.4. The molecule has 1 aromatic rings. The molecule has 2 N–H and O–H groups in total. The maximum absolute atomic E-state index is 9.39. The van der Waals surface area contributed by atoms with Crippen LogP contribution in [0.3, 0.4) is 0 Å². The Kier molecular flexibility index (Phi) is 4.70. The second-order valence-electron chi connectivity index (χ2n) is 3.57. The molecule has 0 fully saturated rings. The van der Waals surface area contributed by atoms with Gasteiger partial charge in [0.25, 0.3) is 0 Å². The average Bonchev–Trinajstić information content (AvgIpc) is 2.25. The fraction of sp³-hybridized carbons (Fsp3) is 0.667. The Morgan fingerprint density at radius 1 is 1.38 bits per heavy atom. The fourth-order valence-corrected chi connectivity index (χ4v) is 1.13. The van der Waals surface area contributed by atoms with Gasteiger partial charge in [0.05, 0.1) is 6.10 Å². The molecule has 1 atom stereocenters. The number of aliphatic hydroxyl groups is 1. The largest absolute Gasteiger partial charge is 0.391 e. The van der Waals surface area contributed by atoms with Crippen molar-refractivity contribution < 1.29 is 5.11 Å². The minimum atomic E-state index is -0.418. The molecule has 1 unspecified atom stereocenters. The van der Waals surface area contributed by atoms with Gasteiger partial charge in [0, 0.05) is 20.6 Å². The van der Waals surface area contributed by atoms with Gasteiger partial charge in [0.2, 0.25) is 17.2 Å². The van der Waals surface area contributed by atoms with E-state index in [2.05, 4.69) is 20.3 Å². The van der Waals surface area contributed by atoms with Gasteiger partial charge in [0.1, 0.15) is 0 Å². The highest BCUT2D eigenvalue weighted by Gasteiger charge is 2.07. The van der Waals surface area contributed by atoms with Gasteiger partial charge in [0.15, 0.2) is 0 Å². The number of hydrogen-bond donors (Lipinski definition) is 2. The second kappa shape index (κ2) is 5.81. The fourth-order valence-electron chi connectivity index (χ4n) is 0.972. The summed E-state index contributed by atoms with van der Waals surface area (Å²) in [6.45, 7) is 2.29. The van der Waals surface area contributed by atoms with E-state index in [1.54, 1.807) is 4.90 Å². The number of nitrogens with zero attached hydrogens (tertiary/aromatic N) is 4. The van der Waals surface area contributed by atoms with E-state index in [4.69, 9.17) is 11.6 Å². The van der Waals surface area contributed by atoms with Crippen LogP contribution in [0.25, 0.3) is 0 Å². The number of hydrogen-bond acceptors (Lipinski definition) is 6. The molecule has 90 valence electrons. The van der Waals surface area contributed by atoms with Crippen molar-refractivity contribution in [3.05, 3.63) is 5.28 Å². The van der Waals surface area contributed by atoms with Crippen molar-refractivity contribution in [1.29, 1.82) is 0 Å². The van der Waals surface area contributed by atoms with Gasteiger partial charge in [-0.3, -0.25) is 0 Å². The molecule has 16 heavy (non-hydrogen) atoms. The Morgan fingerprint density at radius 3 is 2.62 bits per heavy atom. The normalized spacial score (nSPS) is 12.3. The summed E-state index contributed by atoms with van der Waals surface area (Å²) >= 11 is 5.75. The number of aromatic nitrogens is 3. The van der Waals surface area contributed by atoms with Crippen molar-refractivity contribution in [2.45, 2.75) is 19.4 Å². The molecule has 1 heterocycles. The van der Waals surface area contributed by atoms with Crippen LogP contribution < -0.4 is 10.2 Å². The Hall–Kier alpha value is -1.14. The van der Waals surface area contributed by atoms with Crippen molar-refractivity contribution in [2.24, 2.45) is 0 Å². The molecule has 0 amide bonds. The van der Waals surface area contributed by atoms with Crippen LogP contribution in [0.2, 0.25) is 5.28 Å². The van der Waals surface area contributed by atoms with Crippen molar-refractivity contribution >= 4 is 23.5 Å². The van der Waals surface area contributed by atoms with Gasteiger partial charge < -0.3 is 15.3 Å². The van der Waals surface area contributed by atoms with Crippen LogP contribution in [0, 0.1) is 0 Å². The minimum Gasteiger partial charge on any atom is -0.391 e. The Morgan fingerprint density at radius 2 is 2.06 bits per heavy atom. The summed E-state index contributed by atoms with van der Waals surface area (Å²) in [5.74, 6) is 0.852. The van der Waals surface area contributed by atoms with Crippen LogP contribution in [0.15, 0.2) is 0 Å². The highest BCUT2D eigenvalue weighted by atomic mass is 35.5. The summed E-state index contributed by atoms with van der Waals surface area (Å²) in [7, 11) is 3.63. The van der Waals surface area contributed by atoms with Gasteiger partial charge in [-0.15, -0.1) is 0 Å². The van der Waals surface area contributed by atoms with E-state index in [9.17, 15) is 5.11 Å². The van der Waals surface area contributed by atoms with Crippen molar-refractivity contribution in [1.82, 2.24) is 15.0 Å². The van der Waals surface area contributed by atoms with Gasteiger partial charge >= 0.3 is 0 Å². The monoisotopic (exact) mass is 245 g/mol. The Labute approximate surface area is 99.7 Å². The predicted molar refractivity (Wildman–Crippen MR) is 64.0 cm³/mol. The maximum atomic E-state index is 9.39. The summed E-state index contributed by atoms with van der Waals surface area (Å²) in [6.07, 6.45) is 0.255. The number of aliphatic hydroxyl groups excluding tert-OH is 1. The molecule has 6 nitrogen and oxygen atoms in total. The quantitative estimate of drug-likeness (QED) is 0.799. The zero-order valence-electron chi connectivity index (χ0n) is 9.61. The summed E-state index contributed by atoms with van der Waals surface area (Å²) < 4.78 is 0. The summed E-state index contributed by atoms with van der Waals surface area (Å²) in [4.78, 5) is 13.7. The lowest BCUT2D eigenvalue weighted by atomic mass is 10.3. The molecular formula is C9H16ClN5O. The van der Waals surface area contributed by atoms with Crippen LogP contribution in [0.4, 0.5) is 11.9 Å². The van der Waals surface area contributed by atoms with Gasteiger partial charge in [-0.2, -0.15) is 15.0 Å². The first-order chi connectivity index (χ1) is 7.52. The Balaban J connectivity index is 2.72. The highest BCUT2D eigenvalue weighted by molar-refractivity contribution is 6.28. The predicted octanol–water partition coefficient (Wildman–Crippen LogP) is 0.774. The minimum absolute atomic E-state index is 0.132. The topological polar surface area (TPSA) is 74.2 Å². The van der Waals surface area contributed by atoms with Crippen LogP contribution in [-0.2, 0) is 0 Å². The summed E-state index contributed by atoms with van der Waals surface area (Å²) in [5.41, 5.74) is 0. The van der Waals surface area contributed by atoms with E-state index >= 15 is 0 Å². The molecule has 0 aromatic carbocycles. The van der Waals surface area contributed by atoms with E-state index in [0.29, 0.717) is 24.9 Å². The summed E-state index contributed by atoms with van der Waals surface area (Å²) in [6, 6.07) is 0. The number of rotatable bonds is 5. The van der Waals surface area contributed by atoms with Crippen LogP contribution in [0.5, 0.6) is 0 Å². The molecule has 0 radical (unpaired) electrons. The van der Waals surface area contributed by atoms with E-state index in [1.165, 1.54) is 0 Å². The second-order valence-corrected chi connectivity index (χ2v) is 3.90. The summed E-state index contributed by atoms with van der Waals surface area (Å²) in [5, 5.41) is 12.4. The third kappa shape index (κ3) is 3.79. The molecule has 7 heteroatoms. The van der Waals surface area contributed by atoms with E-state index < -0.39 is 6.10 Å². The molecule has 0 saturated heterocycles. The standard InChI is InChI=1S/C9H16ClN5O/c1-4-6(16)5-11-8-12-7(10)13-9(14-8)15(2)3/h6,16H,4-5H2,1-3H3,(H,11,12,13,14). The molecule has 0 aliphatic carbocycles. The van der Waals surface area contributed by atoms with E-state index in [-0.39, 0.29) is 5.28 Å². The molecule has 0 bridgehead atoms. The molecule has 0 spiro atoms. The van der Waals surface area contributed by atoms with E-state index in [0.717, 1.165) is 0 Å². The van der Waals surface area contributed by atoms with Crippen molar-refractivity contribution in [2.75, 3.05) is 30.9 Å². The van der Waals surface area contributed by atoms with Gasteiger partial charge in [-0.25, -0.2) is 0 Å². The van der Waals surface area contributed by atoms with Gasteiger partial charge in [-0.1, -0.05) is 6.92 Å². The third-order valence-corrected chi connectivity index (χ3v) is 2.13. The zero-order chi connectivity index (χ0) is 12.1. The van der Waals surface area contributed by atoms with Crippen LogP contribution in [0.1, 0.15) is 13.3 Å².